The van der Waals surface area contributed by atoms with Crippen molar-refractivity contribution in [3.05, 3.63) is 29.3 Å². The summed E-state index contributed by atoms with van der Waals surface area (Å²) in [4.78, 5) is 0. The minimum absolute atomic E-state index is 0.414. The van der Waals surface area contributed by atoms with Crippen molar-refractivity contribution in [1.29, 1.82) is 0 Å². The van der Waals surface area contributed by atoms with Gasteiger partial charge in [0.05, 0.1) is 12.7 Å². The zero-order chi connectivity index (χ0) is 11.4. The number of ether oxygens (including phenoxy) is 1. The number of aryl methyl sites for hydroxylation is 1. The first-order valence-electron chi connectivity index (χ1n) is 5.42. The van der Waals surface area contributed by atoms with E-state index in [0.29, 0.717) is 5.92 Å². The summed E-state index contributed by atoms with van der Waals surface area (Å²) < 4.78 is 5.65. The van der Waals surface area contributed by atoms with Crippen LogP contribution in [-0.4, -0.2) is 11.7 Å². The van der Waals surface area contributed by atoms with Crippen molar-refractivity contribution in [3.63, 3.8) is 0 Å². The first kappa shape index (κ1) is 12.1. The normalized spacial score (nSPS) is 12.9. The first-order valence-corrected chi connectivity index (χ1v) is 5.42. The highest BCUT2D eigenvalue weighted by molar-refractivity contribution is 5.36. The highest BCUT2D eigenvalue weighted by atomic mass is 16.5. The maximum Gasteiger partial charge on any atom is 0.122 e. The molecule has 0 saturated heterocycles. The average Bonchev–Trinajstić information content (AvgIpc) is 2.15. The zero-order valence-electron chi connectivity index (χ0n) is 9.95. The molecule has 0 aromatic heterocycles. The minimum atomic E-state index is -0.414. The first-order chi connectivity index (χ1) is 7.00. The molecule has 1 rings (SSSR count). The van der Waals surface area contributed by atoms with Crippen LogP contribution in [0.5, 0.6) is 5.75 Å². The predicted octanol–water partition coefficient (Wildman–Crippen LogP) is 3.08. The van der Waals surface area contributed by atoms with Gasteiger partial charge in [-0.05, 0) is 43.0 Å². The van der Waals surface area contributed by atoms with E-state index in [0.717, 1.165) is 23.5 Å². The number of aliphatic hydroxyl groups excluding tert-OH is 1. The fourth-order valence-electron chi connectivity index (χ4n) is 1.35. The largest absolute Gasteiger partial charge is 0.493 e. The van der Waals surface area contributed by atoms with E-state index in [1.807, 2.05) is 25.1 Å². The monoisotopic (exact) mass is 208 g/mol. The van der Waals surface area contributed by atoms with Crippen LogP contribution in [-0.2, 0) is 0 Å². The van der Waals surface area contributed by atoms with Gasteiger partial charge >= 0.3 is 0 Å². The fraction of sp³-hybridized carbons (Fsp3) is 0.538. The number of rotatable bonds is 4. The molecule has 0 aliphatic heterocycles. The molecule has 0 bridgehead atoms. The van der Waals surface area contributed by atoms with Crippen molar-refractivity contribution in [3.8, 4) is 5.75 Å². The third-order valence-electron chi connectivity index (χ3n) is 2.25. The molecule has 1 aromatic rings. The van der Waals surface area contributed by atoms with Gasteiger partial charge in [0, 0.05) is 0 Å². The summed E-state index contributed by atoms with van der Waals surface area (Å²) in [5.74, 6) is 1.44. The van der Waals surface area contributed by atoms with E-state index < -0.39 is 6.10 Å². The van der Waals surface area contributed by atoms with Gasteiger partial charge in [-0.15, -0.1) is 0 Å². The Morgan fingerprint density at radius 3 is 2.40 bits per heavy atom. The van der Waals surface area contributed by atoms with E-state index in [-0.39, 0.29) is 0 Å². The van der Waals surface area contributed by atoms with Crippen LogP contribution in [0.2, 0.25) is 0 Å². The molecule has 0 radical (unpaired) electrons. The molecule has 2 nitrogen and oxygen atoms in total. The van der Waals surface area contributed by atoms with Gasteiger partial charge in [0.25, 0.3) is 0 Å². The summed E-state index contributed by atoms with van der Waals surface area (Å²) in [5.41, 5.74) is 2.01. The molecule has 0 spiro atoms. The molecule has 0 aliphatic carbocycles. The van der Waals surface area contributed by atoms with Crippen LogP contribution in [0.25, 0.3) is 0 Å². The van der Waals surface area contributed by atoms with Crippen molar-refractivity contribution < 1.29 is 9.84 Å². The third-order valence-corrected chi connectivity index (χ3v) is 2.25. The van der Waals surface area contributed by atoms with E-state index in [2.05, 4.69) is 13.8 Å². The molecule has 15 heavy (non-hydrogen) atoms. The van der Waals surface area contributed by atoms with Crippen molar-refractivity contribution in [2.45, 2.75) is 33.8 Å². The summed E-state index contributed by atoms with van der Waals surface area (Å²) in [6.07, 6.45) is -0.414. The van der Waals surface area contributed by atoms with E-state index in [4.69, 9.17) is 4.74 Å². The fourth-order valence-corrected chi connectivity index (χ4v) is 1.35. The lowest BCUT2D eigenvalue weighted by atomic mass is 10.1. The third kappa shape index (κ3) is 3.56. The smallest absolute Gasteiger partial charge is 0.122 e. The van der Waals surface area contributed by atoms with Gasteiger partial charge in [-0.2, -0.15) is 0 Å². The molecular formula is C13H20O2. The van der Waals surface area contributed by atoms with E-state index >= 15 is 0 Å². The lowest BCUT2D eigenvalue weighted by molar-refractivity contribution is 0.199. The standard InChI is InChI=1S/C13H20O2/c1-9(2)8-15-13-6-5-12(11(4)14)7-10(13)3/h5-7,9,11,14H,8H2,1-4H3/t11-/m1/s1. The quantitative estimate of drug-likeness (QED) is 0.824. The number of hydrogen-bond donors (Lipinski definition) is 1. The summed E-state index contributed by atoms with van der Waals surface area (Å²) in [7, 11) is 0. The van der Waals surface area contributed by atoms with Gasteiger partial charge in [0.2, 0.25) is 0 Å². The Balaban J connectivity index is 2.75. The molecule has 1 aromatic carbocycles. The van der Waals surface area contributed by atoms with Crippen LogP contribution < -0.4 is 4.74 Å². The maximum atomic E-state index is 9.42. The summed E-state index contributed by atoms with van der Waals surface area (Å²) in [6, 6.07) is 5.81. The number of hydrogen-bond acceptors (Lipinski definition) is 2. The van der Waals surface area contributed by atoms with Crippen LogP contribution in [0.1, 0.15) is 38.0 Å². The van der Waals surface area contributed by atoms with Crippen molar-refractivity contribution in [2.24, 2.45) is 5.92 Å². The van der Waals surface area contributed by atoms with Crippen LogP contribution in [0, 0.1) is 12.8 Å². The molecule has 0 saturated carbocycles. The average molecular weight is 208 g/mol. The molecule has 84 valence electrons. The molecule has 0 heterocycles. The molecule has 2 heteroatoms. The summed E-state index contributed by atoms with van der Waals surface area (Å²) in [5, 5.41) is 9.42. The van der Waals surface area contributed by atoms with Crippen LogP contribution in [0.3, 0.4) is 0 Å². The molecule has 0 unspecified atom stereocenters. The Kier molecular flexibility index (Phi) is 4.15. The molecule has 1 N–H and O–H groups in total. The Hall–Kier alpha value is -1.02. The lowest BCUT2D eigenvalue weighted by Gasteiger charge is -2.13. The van der Waals surface area contributed by atoms with Gasteiger partial charge < -0.3 is 9.84 Å². The summed E-state index contributed by atoms with van der Waals surface area (Å²) in [6.45, 7) is 8.75. The highest BCUT2D eigenvalue weighted by Gasteiger charge is 2.05. The Bertz CT molecular complexity index is 316. The molecule has 0 amide bonds. The second-order valence-corrected chi connectivity index (χ2v) is 4.41. The van der Waals surface area contributed by atoms with E-state index in [1.165, 1.54) is 0 Å². The van der Waals surface area contributed by atoms with Gasteiger partial charge in [0.15, 0.2) is 0 Å². The van der Waals surface area contributed by atoms with Crippen molar-refractivity contribution >= 4 is 0 Å². The number of aliphatic hydroxyl groups is 1. The second kappa shape index (κ2) is 5.17. The van der Waals surface area contributed by atoms with E-state index in [1.54, 1.807) is 6.92 Å². The van der Waals surface area contributed by atoms with Crippen molar-refractivity contribution in [2.75, 3.05) is 6.61 Å². The maximum absolute atomic E-state index is 9.42. The molecule has 0 aliphatic rings. The Labute approximate surface area is 91.9 Å². The van der Waals surface area contributed by atoms with Gasteiger partial charge in [-0.1, -0.05) is 19.9 Å². The highest BCUT2D eigenvalue weighted by Crippen LogP contribution is 2.22. The topological polar surface area (TPSA) is 29.5 Å². The predicted molar refractivity (Wildman–Crippen MR) is 62.1 cm³/mol. The van der Waals surface area contributed by atoms with Gasteiger partial charge in [0.1, 0.15) is 5.75 Å². The molecule has 1 atom stereocenters. The van der Waals surface area contributed by atoms with Crippen molar-refractivity contribution in [1.82, 2.24) is 0 Å². The van der Waals surface area contributed by atoms with Gasteiger partial charge in [-0.3, -0.25) is 0 Å². The van der Waals surface area contributed by atoms with Crippen LogP contribution in [0.15, 0.2) is 18.2 Å². The SMILES string of the molecule is Cc1cc([C@@H](C)O)ccc1OCC(C)C. The van der Waals surface area contributed by atoms with Crippen LogP contribution >= 0.6 is 0 Å². The second-order valence-electron chi connectivity index (χ2n) is 4.41. The zero-order valence-corrected chi connectivity index (χ0v) is 9.95. The van der Waals surface area contributed by atoms with E-state index in [9.17, 15) is 5.11 Å². The Morgan fingerprint density at radius 2 is 1.93 bits per heavy atom. The molecule has 0 fully saturated rings. The minimum Gasteiger partial charge on any atom is -0.493 e. The van der Waals surface area contributed by atoms with Crippen LogP contribution in [0.4, 0.5) is 0 Å². The summed E-state index contributed by atoms with van der Waals surface area (Å²) >= 11 is 0. The Morgan fingerprint density at radius 1 is 1.27 bits per heavy atom. The molecular weight excluding hydrogens is 188 g/mol. The number of benzene rings is 1. The van der Waals surface area contributed by atoms with Gasteiger partial charge in [-0.25, -0.2) is 0 Å². The lowest BCUT2D eigenvalue weighted by Crippen LogP contribution is -2.05.